The maximum Gasteiger partial charge on any atom is 0.305 e. The number of hydrogen-bond acceptors (Lipinski definition) is 8. The van der Waals surface area contributed by atoms with E-state index in [1.807, 2.05) is 97.9 Å². The van der Waals surface area contributed by atoms with E-state index in [-0.39, 0.29) is 70.0 Å². The Balaban J connectivity index is 1.01. The van der Waals surface area contributed by atoms with Crippen molar-refractivity contribution in [3.05, 3.63) is 111 Å². The van der Waals surface area contributed by atoms with Gasteiger partial charge in [-0.1, -0.05) is 72.0 Å². The number of ether oxygens (including phenoxy) is 2. The third kappa shape index (κ3) is 4.89. The fraction of sp³-hybridized carbons (Fsp3) is 0.282. The van der Waals surface area contributed by atoms with E-state index in [2.05, 4.69) is 10.3 Å². The zero-order valence-electron chi connectivity index (χ0n) is 27.0. The monoisotopic (exact) mass is 703 g/mol. The minimum Gasteiger partial charge on any atom is -0.490 e. The fourth-order valence-electron chi connectivity index (χ4n) is 8.99. The van der Waals surface area contributed by atoms with Gasteiger partial charge < -0.3 is 19.8 Å². The zero-order chi connectivity index (χ0) is 34.1. The minimum atomic E-state index is -0.386. The van der Waals surface area contributed by atoms with E-state index in [9.17, 15) is 19.2 Å². The lowest BCUT2D eigenvalue weighted by Gasteiger charge is -2.43. The molecule has 1 aromatic heterocycles. The quantitative estimate of drug-likeness (QED) is 0.173. The highest BCUT2D eigenvalue weighted by molar-refractivity contribution is 8.00. The van der Waals surface area contributed by atoms with Crippen LogP contribution < -0.4 is 24.6 Å². The van der Waals surface area contributed by atoms with Gasteiger partial charge in [0.25, 0.3) is 5.91 Å². The van der Waals surface area contributed by atoms with Crippen LogP contribution in [-0.4, -0.2) is 41.2 Å². The SMILES string of the molecule is CCOc1cc([C@H]2c3sc(=O)[nH]c3SC3C2[C@H]2C[C@@H]3C3C(=O)N(c4ccccc4)C(=O)C32)ccc1OCC(=O)Nc1cccc2ccccc12. The molecule has 2 saturated carbocycles. The van der Waals surface area contributed by atoms with Crippen molar-refractivity contribution in [3.63, 3.8) is 0 Å². The number of anilines is 2. The molecule has 50 heavy (non-hydrogen) atoms. The first kappa shape index (κ1) is 31.1. The number of thiazole rings is 1. The fourth-order valence-corrected chi connectivity index (χ4v) is 11.9. The molecule has 7 atom stereocenters. The van der Waals surface area contributed by atoms with Gasteiger partial charge in [0.2, 0.25) is 11.8 Å². The molecule has 0 radical (unpaired) electrons. The van der Waals surface area contributed by atoms with Crippen LogP contribution in [0, 0.1) is 29.6 Å². The molecule has 11 heteroatoms. The van der Waals surface area contributed by atoms with Gasteiger partial charge in [-0.25, -0.2) is 0 Å². The van der Waals surface area contributed by atoms with Gasteiger partial charge in [0.15, 0.2) is 18.1 Å². The first-order valence-electron chi connectivity index (χ1n) is 16.9. The van der Waals surface area contributed by atoms with E-state index in [4.69, 9.17) is 9.47 Å². The van der Waals surface area contributed by atoms with E-state index >= 15 is 0 Å². The van der Waals surface area contributed by atoms with Crippen LogP contribution in [0.4, 0.5) is 11.4 Å². The Morgan fingerprint density at radius 1 is 0.880 bits per heavy atom. The molecule has 9 rings (SSSR count). The summed E-state index contributed by atoms with van der Waals surface area (Å²) < 4.78 is 12.1. The number of thioether (sulfide) groups is 1. The summed E-state index contributed by atoms with van der Waals surface area (Å²) in [4.78, 5) is 59.0. The summed E-state index contributed by atoms with van der Waals surface area (Å²) in [5.74, 6) is -0.422. The predicted molar refractivity (Wildman–Crippen MR) is 193 cm³/mol. The lowest BCUT2D eigenvalue weighted by Crippen LogP contribution is -2.42. The van der Waals surface area contributed by atoms with Gasteiger partial charge in [-0.3, -0.25) is 24.1 Å². The second-order valence-electron chi connectivity index (χ2n) is 13.3. The van der Waals surface area contributed by atoms with Crippen LogP contribution >= 0.6 is 23.1 Å². The van der Waals surface area contributed by atoms with E-state index in [0.717, 1.165) is 32.7 Å². The second kappa shape index (κ2) is 12.2. The van der Waals surface area contributed by atoms with Gasteiger partial charge in [-0.2, -0.15) is 0 Å². The number of fused-ring (bicyclic) bond motifs is 10. The number of carbonyl (C=O) groups excluding carboxylic acids is 3. The van der Waals surface area contributed by atoms with Crippen molar-refractivity contribution in [2.75, 3.05) is 23.4 Å². The summed E-state index contributed by atoms with van der Waals surface area (Å²) in [5.41, 5.74) is 2.29. The van der Waals surface area contributed by atoms with Crippen LogP contribution in [0.15, 0.2) is 101 Å². The molecular formula is C39H33N3O6S2. The minimum absolute atomic E-state index is 0.00718. The second-order valence-corrected chi connectivity index (χ2v) is 15.5. The molecule has 4 aliphatic rings. The molecule has 3 amide bonds. The molecule has 0 spiro atoms. The van der Waals surface area contributed by atoms with E-state index < -0.39 is 0 Å². The van der Waals surface area contributed by atoms with Crippen LogP contribution in [-0.2, 0) is 14.4 Å². The highest BCUT2D eigenvalue weighted by Gasteiger charge is 2.69. The van der Waals surface area contributed by atoms with Crippen molar-refractivity contribution < 1.29 is 23.9 Å². The number of imide groups is 1. The van der Waals surface area contributed by atoms with Crippen molar-refractivity contribution in [1.82, 2.24) is 4.98 Å². The highest BCUT2D eigenvalue weighted by atomic mass is 32.2. The molecule has 3 fully saturated rings. The van der Waals surface area contributed by atoms with Crippen molar-refractivity contribution >= 4 is 63.0 Å². The van der Waals surface area contributed by atoms with Gasteiger partial charge in [0.1, 0.15) is 0 Å². The van der Waals surface area contributed by atoms with Crippen molar-refractivity contribution in [3.8, 4) is 11.5 Å². The van der Waals surface area contributed by atoms with E-state index in [0.29, 0.717) is 29.5 Å². The Kier molecular flexibility index (Phi) is 7.58. The molecular weight excluding hydrogens is 671 g/mol. The van der Waals surface area contributed by atoms with Gasteiger partial charge >= 0.3 is 4.87 Å². The smallest absolute Gasteiger partial charge is 0.305 e. The summed E-state index contributed by atoms with van der Waals surface area (Å²) in [5, 5.41) is 5.86. The number of nitrogens with zero attached hydrogens (tertiary/aromatic N) is 1. The third-order valence-corrected chi connectivity index (χ3v) is 13.4. The number of nitrogens with one attached hydrogen (secondary N) is 2. The number of rotatable bonds is 8. The number of benzene rings is 4. The lowest BCUT2D eigenvalue weighted by atomic mass is 9.68. The number of amides is 3. The molecule has 9 nitrogen and oxygen atoms in total. The Morgan fingerprint density at radius 3 is 2.46 bits per heavy atom. The summed E-state index contributed by atoms with van der Waals surface area (Å²) in [6, 6.07) is 28.6. The number of H-pyrrole nitrogens is 1. The first-order valence-corrected chi connectivity index (χ1v) is 18.6. The standard InChI is InChI=1S/C39H33N3O6S2/c1-2-47-28-17-21(15-16-27(28)48-19-29(43)40-26-14-8-10-20-9-6-7-13-23(20)26)30-31-24-18-25(34(31)49-36-35(30)50-39(46)41-36)33-32(24)37(44)42(38(33)45)22-11-4-3-5-12-22/h3-17,24-25,30-34H,2,18-19H2,1H3,(H,40,43)(H,41,46)/t24-,25-,30-,31?,32?,33?,34?/m1/s1. The topological polar surface area (TPSA) is 118 Å². The Bertz CT molecular complexity index is 2230. The summed E-state index contributed by atoms with van der Waals surface area (Å²) in [6.45, 7) is 2.07. The van der Waals surface area contributed by atoms with Crippen LogP contribution in [0.5, 0.6) is 11.5 Å². The molecule has 2 aliphatic carbocycles. The number of aromatic amines is 1. The summed E-state index contributed by atoms with van der Waals surface area (Å²) >= 11 is 2.88. The molecule has 2 aliphatic heterocycles. The number of aromatic nitrogens is 1. The number of carbonyl (C=O) groups is 3. The molecule has 252 valence electrons. The van der Waals surface area contributed by atoms with Gasteiger partial charge in [0.05, 0.1) is 29.2 Å². The Morgan fingerprint density at radius 2 is 1.64 bits per heavy atom. The van der Waals surface area contributed by atoms with Gasteiger partial charge in [-0.05, 0) is 72.4 Å². The molecule has 1 saturated heterocycles. The Labute approximate surface area is 296 Å². The number of para-hydroxylation sites is 1. The molecule has 4 unspecified atom stereocenters. The maximum absolute atomic E-state index is 14.0. The van der Waals surface area contributed by atoms with E-state index in [1.165, 1.54) is 16.2 Å². The predicted octanol–water partition coefficient (Wildman–Crippen LogP) is 6.68. The van der Waals surface area contributed by atoms with Crippen molar-refractivity contribution in [2.45, 2.75) is 29.5 Å². The van der Waals surface area contributed by atoms with Crippen LogP contribution in [0.1, 0.15) is 29.7 Å². The van der Waals surface area contributed by atoms with E-state index in [1.54, 1.807) is 11.8 Å². The average molecular weight is 704 g/mol. The zero-order valence-corrected chi connectivity index (χ0v) is 28.7. The van der Waals surface area contributed by atoms with Crippen LogP contribution in [0.2, 0.25) is 0 Å². The molecule has 2 N–H and O–H groups in total. The molecule has 3 heterocycles. The molecule has 4 aromatic carbocycles. The molecule has 2 bridgehead atoms. The first-order chi connectivity index (χ1) is 24.4. The van der Waals surface area contributed by atoms with Gasteiger partial charge in [-0.15, -0.1) is 11.8 Å². The van der Waals surface area contributed by atoms with Crippen molar-refractivity contribution in [2.24, 2.45) is 29.6 Å². The van der Waals surface area contributed by atoms with Crippen LogP contribution in [0.25, 0.3) is 10.8 Å². The largest absolute Gasteiger partial charge is 0.490 e. The summed E-state index contributed by atoms with van der Waals surface area (Å²) in [6.07, 6.45) is 0.804. The normalized spacial score (nSPS) is 26.1. The third-order valence-electron chi connectivity index (χ3n) is 10.8. The van der Waals surface area contributed by atoms with Crippen molar-refractivity contribution in [1.29, 1.82) is 0 Å². The van der Waals surface area contributed by atoms with Crippen LogP contribution in [0.3, 0.4) is 0 Å². The van der Waals surface area contributed by atoms with Gasteiger partial charge in [0, 0.05) is 27.1 Å². The highest BCUT2D eigenvalue weighted by Crippen LogP contribution is 2.68. The molecule has 5 aromatic rings. The summed E-state index contributed by atoms with van der Waals surface area (Å²) in [7, 11) is 0. The average Bonchev–Trinajstić information content (AvgIpc) is 3.87. The maximum atomic E-state index is 14.0. The number of hydrogen-bond donors (Lipinski definition) is 2. The lowest BCUT2D eigenvalue weighted by molar-refractivity contribution is -0.123. The Hall–Kier alpha value is -4.87.